The maximum Gasteiger partial charge on any atom is 0.417 e. The van der Waals surface area contributed by atoms with Crippen molar-refractivity contribution in [2.75, 3.05) is 52.4 Å². The first-order valence-corrected chi connectivity index (χ1v) is 43.8. The molecule has 6 N–H and O–H groups in total. The fraction of sp³-hybridized carbons (Fsp3) is 0.479. The molecule has 0 saturated heterocycles. The number of unbranched alkanes of at least 4 members (excludes halogenated alkanes) is 8. The lowest BCUT2D eigenvalue weighted by Gasteiger charge is -2.39. The highest BCUT2D eigenvalue weighted by molar-refractivity contribution is 5.99. The molecule has 0 aliphatic carbocycles. The number of carbonyl (C=O) groups is 8. The Morgan fingerprint density at radius 3 is 0.432 bits per heavy atom. The van der Waals surface area contributed by atoms with Crippen molar-refractivity contribution in [3.8, 4) is 0 Å². The number of halogens is 18. The second kappa shape index (κ2) is 55.5. The van der Waals surface area contributed by atoms with Crippen LogP contribution < -0.4 is 42.1 Å². The average Bonchev–Trinajstić information content (AvgIpc) is 0.754. The fourth-order valence-electron chi connectivity index (χ4n) is 14.8. The van der Waals surface area contributed by atoms with E-state index in [2.05, 4.69) is 87.3 Å². The lowest BCUT2D eigenvalue weighted by molar-refractivity contribution is -0.929. The molecule has 7 aromatic rings. The quantitative estimate of drug-likeness (QED) is 0.0156. The Hall–Kier alpha value is -11.0. The summed E-state index contributed by atoms with van der Waals surface area (Å²) in [6.07, 6.45) is -9.56. The summed E-state index contributed by atoms with van der Waals surface area (Å²) >= 11 is 0. The zero-order chi connectivity index (χ0) is 99.4. The van der Waals surface area contributed by atoms with Gasteiger partial charge in [0.15, 0.2) is 0 Å². The zero-order valence-corrected chi connectivity index (χ0v) is 75.8. The molecule has 7 rings (SSSR count). The van der Waals surface area contributed by atoms with Crippen molar-refractivity contribution in [1.82, 2.24) is 31.9 Å². The number of benzene rings is 7. The number of alkyl halides is 18. The van der Waals surface area contributed by atoms with Gasteiger partial charge in [0.2, 0.25) is 0 Å². The minimum absolute atomic E-state index is 0.458. The second-order valence-corrected chi connectivity index (χ2v) is 31.5. The molecule has 0 spiro atoms. The van der Waals surface area contributed by atoms with E-state index < -0.39 is 224 Å². The molecule has 36 heteroatoms. The van der Waals surface area contributed by atoms with Gasteiger partial charge in [-0.05, 0) is 171 Å². The summed E-state index contributed by atoms with van der Waals surface area (Å²) in [5.74, 6) is -12.0. The van der Waals surface area contributed by atoms with Gasteiger partial charge in [-0.1, -0.05) is 180 Å². The van der Waals surface area contributed by atoms with Crippen LogP contribution in [0.1, 0.15) is 301 Å². The summed E-state index contributed by atoms with van der Waals surface area (Å²) in [7, 11) is 0. The lowest BCUT2D eigenvalue weighted by atomic mass is 9.85. The topological polar surface area (TPSA) is 255 Å². The highest BCUT2D eigenvalue weighted by Gasteiger charge is 2.42. The molecule has 0 radical (unpaired) electrons. The van der Waals surface area contributed by atoms with Gasteiger partial charge >= 0.3 is 37.1 Å². The number of carboxylic acid groups (broad SMARTS) is 2. The number of aliphatic carboxylic acids is 2. The third-order valence-corrected chi connectivity index (χ3v) is 21.5. The third-order valence-electron chi connectivity index (χ3n) is 21.5. The van der Waals surface area contributed by atoms with Crippen molar-refractivity contribution in [1.29, 1.82) is 0 Å². The molecule has 0 aliphatic rings. The van der Waals surface area contributed by atoms with Crippen LogP contribution in [-0.2, 0) is 85.9 Å². The van der Waals surface area contributed by atoms with Gasteiger partial charge < -0.3 is 60.7 Å². The van der Waals surface area contributed by atoms with Crippen LogP contribution >= 0.6 is 0 Å². The van der Waals surface area contributed by atoms with Crippen LogP contribution in [0.4, 0.5) is 79.0 Å². The number of nitrogens with zero attached hydrogens (tertiary/aromatic N) is 2. The fourth-order valence-corrected chi connectivity index (χ4v) is 14.8. The normalized spacial score (nSPS) is 11.8. The van der Waals surface area contributed by atoms with E-state index in [-0.39, 0.29) is 0 Å². The first-order chi connectivity index (χ1) is 61.9. The number of quaternary nitrogens is 2. The molecule has 6 amide bonds. The summed E-state index contributed by atoms with van der Waals surface area (Å²) in [6.45, 7) is 24.2. The van der Waals surface area contributed by atoms with Crippen molar-refractivity contribution < 1.29 is 137 Å². The second-order valence-electron chi connectivity index (χ2n) is 31.5. The number of carboxylic acids is 2. The molecular weight excluding hydrogens is 1770 g/mol. The Labute approximate surface area is 759 Å². The standard InChI is InChI=1S/C60H42F18N6O6.2C16H36N.2C2H4O2/c61-55(62,63)43-19-7-1-13-31(43)49(85)79-25-37-38(26-80-50(86)32-14-2-8-20-44(32)56(64,65)66)40(28-82-52(88)34-16-4-10-22-46(34)58(70,71)72)42(30-84-54(90)36-18-6-12-24-48(36)60(76,77)78)41(29-83-53(89)35-17-5-11-23-47(35)59(73,74)75)39(37)27-81-51(87)33-15-3-9-21-45(33)57(67,68)69;2*1-5-9-13-17(14-10-6-2,15-11-7-3)16-12-8-4;2*1-2(3)4/h1-24H,25-30H2,(H,79,85)(H,80,86)(H,81,87)(H,82,88)(H,83,89)(H,84,90);2*5-16H2,1-4H3;2*1H3,(H,3,4)/q;2*+1;;/p-2. The predicted octanol–water partition coefficient (Wildman–Crippen LogP) is 20.9. The number of nitrogens with one attached hydrogen (secondary N) is 6. The Morgan fingerprint density at radius 2 is 0.333 bits per heavy atom. The van der Waals surface area contributed by atoms with Gasteiger partial charge in [-0.15, -0.1) is 0 Å². The minimum Gasteiger partial charge on any atom is -0.550 e. The predicted molar refractivity (Wildman–Crippen MR) is 462 cm³/mol. The highest BCUT2D eigenvalue weighted by atomic mass is 19.4. The van der Waals surface area contributed by atoms with E-state index in [0.29, 0.717) is 72.8 Å². The first-order valence-electron chi connectivity index (χ1n) is 43.8. The van der Waals surface area contributed by atoms with E-state index in [1.807, 2.05) is 0 Å². The van der Waals surface area contributed by atoms with Gasteiger partial charge in [0.1, 0.15) is 0 Å². The van der Waals surface area contributed by atoms with Crippen LogP contribution in [0.25, 0.3) is 0 Å². The Balaban J connectivity index is 0.000000875. The van der Waals surface area contributed by atoms with E-state index in [9.17, 15) is 108 Å². The third kappa shape index (κ3) is 37.9. The molecule has 0 fully saturated rings. The Bertz CT molecular complexity index is 4030. The van der Waals surface area contributed by atoms with Crippen LogP contribution in [0.15, 0.2) is 146 Å². The van der Waals surface area contributed by atoms with E-state index in [4.69, 9.17) is 19.8 Å². The summed E-state index contributed by atoms with van der Waals surface area (Å²) in [4.78, 5) is 102. The number of amides is 6. The molecule has 730 valence electrons. The van der Waals surface area contributed by atoms with Crippen LogP contribution in [0.3, 0.4) is 0 Å². The van der Waals surface area contributed by atoms with E-state index in [0.717, 1.165) is 86.6 Å². The molecule has 18 nitrogen and oxygen atoms in total. The minimum atomic E-state index is -5.28. The van der Waals surface area contributed by atoms with Crippen LogP contribution in [0.5, 0.6) is 0 Å². The maximum atomic E-state index is 14.5. The molecule has 7 aromatic carbocycles. The summed E-state index contributed by atoms with van der Waals surface area (Å²) in [5, 5.41) is 30.6. The monoisotopic (exact) mass is 1890 g/mol. The largest absolute Gasteiger partial charge is 0.550 e. The van der Waals surface area contributed by atoms with Gasteiger partial charge in [0.25, 0.3) is 35.4 Å². The summed E-state index contributed by atoms with van der Waals surface area (Å²) < 4.78 is 263. The highest BCUT2D eigenvalue weighted by Crippen LogP contribution is 2.40. The smallest absolute Gasteiger partial charge is 0.417 e. The molecule has 0 unspecified atom stereocenters. The van der Waals surface area contributed by atoms with Crippen LogP contribution in [0, 0.1) is 0 Å². The van der Waals surface area contributed by atoms with Gasteiger partial charge in [-0.3, -0.25) is 28.8 Å². The molecule has 0 aliphatic heterocycles. The number of hydrogen-bond donors (Lipinski definition) is 6. The van der Waals surface area contributed by atoms with E-state index in [1.165, 1.54) is 164 Å². The van der Waals surface area contributed by atoms with Gasteiger partial charge in [0, 0.05) is 51.2 Å². The molecule has 0 aromatic heterocycles. The zero-order valence-electron chi connectivity index (χ0n) is 75.8. The molecular formula is C96H120F18N8O10. The van der Waals surface area contributed by atoms with Crippen molar-refractivity contribution in [3.63, 3.8) is 0 Å². The van der Waals surface area contributed by atoms with Crippen LogP contribution in [-0.4, -0.2) is 109 Å². The van der Waals surface area contributed by atoms with Gasteiger partial charge in [-0.25, -0.2) is 0 Å². The van der Waals surface area contributed by atoms with Crippen LogP contribution in [0.2, 0.25) is 0 Å². The Morgan fingerprint density at radius 1 is 0.227 bits per heavy atom. The van der Waals surface area contributed by atoms with Gasteiger partial charge in [-0.2, -0.15) is 79.0 Å². The molecule has 0 bridgehead atoms. The molecule has 0 saturated carbocycles. The SMILES string of the molecule is CC(=O)[O-].CC(=O)[O-].CCCC[N+](CCCC)(CCCC)CCCC.CCCC[N+](CCCC)(CCCC)CCCC.O=C(NCc1c(CNC(=O)c2ccccc2C(F)(F)F)c(CNC(=O)c2ccccc2C(F)(F)F)c(CNC(=O)c2ccccc2C(F)(F)F)c(CNC(=O)c2ccccc2C(F)(F)F)c1CNC(=O)c1ccccc1C(F)(F)F)c1ccccc1C(F)(F)F. The summed E-state index contributed by atoms with van der Waals surface area (Å²) in [5.41, 5.74) is -20.6. The number of rotatable bonds is 42. The lowest BCUT2D eigenvalue weighted by Crippen LogP contribution is -2.50. The van der Waals surface area contributed by atoms with Gasteiger partial charge in [0.05, 0.1) is 119 Å². The Kier molecular flexibility index (Phi) is 48.4. The van der Waals surface area contributed by atoms with Crippen molar-refractivity contribution >= 4 is 47.4 Å². The maximum absolute atomic E-state index is 14.5. The van der Waals surface area contributed by atoms with E-state index >= 15 is 0 Å². The molecule has 0 atom stereocenters. The first kappa shape index (κ1) is 115. The summed E-state index contributed by atoms with van der Waals surface area (Å²) in [6, 6.07) is 17.8. The number of carbonyl (C=O) groups excluding carboxylic acids is 8. The van der Waals surface area contributed by atoms with Crippen molar-refractivity contribution in [2.45, 2.75) is 248 Å². The molecule has 132 heavy (non-hydrogen) atoms. The van der Waals surface area contributed by atoms with E-state index in [1.54, 1.807) is 0 Å². The average molecular weight is 1890 g/mol. The molecule has 0 heterocycles. The number of hydrogen-bond acceptors (Lipinski definition) is 10. The van der Waals surface area contributed by atoms with Crippen molar-refractivity contribution in [2.24, 2.45) is 0 Å². The van der Waals surface area contributed by atoms with Crippen molar-refractivity contribution in [3.05, 3.63) is 246 Å².